The number of halogens is 1. The lowest BCUT2D eigenvalue weighted by Crippen LogP contribution is -2.51. The molecule has 130 valence electrons. The average molecular weight is 344 g/mol. The van der Waals surface area contributed by atoms with Crippen LogP contribution in [-0.4, -0.2) is 22.0 Å². The summed E-state index contributed by atoms with van der Waals surface area (Å²) in [6.45, 7) is 1.43. The zero-order valence-electron chi connectivity index (χ0n) is 13.6. The summed E-state index contributed by atoms with van der Waals surface area (Å²) in [5.41, 5.74) is -1.46. The van der Waals surface area contributed by atoms with Gasteiger partial charge in [0.05, 0.1) is 12.2 Å². The summed E-state index contributed by atoms with van der Waals surface area (Å²) in [6.07, 6.45) is -0.0168. The van der Waals surface area contributed by atoms with Crippen LogP contribution in [0.3, 0.4) is 0 Å². The zero-order chi connectivity index (χ0) is 18.2. The van der Waals surface area contributed by atoms with Crippen molar-refractivity contribution in [1.29, 1.82) is 0 Å². The second-order valence-electron chi connectivity index (χ2n) is 5.98. The van der Waals surface area contributed by atoms with Crippen molar-refractivity contribution in [3.8, 4) is 0 Å². The number of hydrogen-bond donors (Lipinski definition) is 1. The Morgan fingerprint density at radius 1 is 1.24 bits per heavy atom. The van der Waals surface area contributed by atoms with Crippen molar-refractivity contribution in [2.24, 2.45) is 0 Å². The van der Waals surface area contributed by atoms with Crippen LogP contribution in [-0.2, 0) is 16.9 Å². The van der Waals surface area contributed by atoms with E-state index in [9.17, 15) is 24.4 Å². The number of carbonyl (C=O) groups is 1. The summed E-state index contributed by atoms with van der Waals surface area (Å²) in [6, 6.07) is 10.9. The molecule has 2 aromatic carbocycles. The molecular weight excluding hydrogens is 327 g/mol. The van der Waals surface area contributed by atoms with Gasteiger partial charge in [0.1, 0.15) is 5.82 Å². The van der Waals surface area contributed by atoms with Crippen LogP contribution in [0.2, 0.25) is 0 Å². The van der Waals surface area contributed by atoms with Crippen LogP contribution in [0.4, 0.5) is 10.1 Å². The second-order valence-corrected chi connectivity index (χ2v) is 5.98. The summed E-state index contributed by atoms with van der Waals surface area (Å²) in [4.78, 5) is 24.9. The second kappa shape index (κ2) is 6.25. The van der Waals surface area contributed by atoms with E-state index in [0.717, 1.165) is 0 Å². The fraction of sp³-hybridized carbons (Fsp3) is 0.278. The van der Waals surface area contributed by atoms with Crippen molar-refractivity contribution >= 4 is 11.6 Å². The average Bonchev–Trinajstić information content (AvgIpc) is 2.80. The lowest BCUT2D eigenvalue weighted by Gasteiger charge is -2.25. The molecule has 0 aromatic heterocycles. The number of para-hydroxylation sites is 1. The van der Waals surface area contributed by atoms with Gasteiger partial charge < -0.3 is 10.0 Å². The van der Waals surface area contributed by atoms with Gasteiger partial charge >= 0.3 is 0 Å². The van der Waals surface area contributed by atoms with E-state index in [1.165, 1.54) is 29.2 Å². The third kappa shape index (κ3) is 2.56. The van der Waals surface area contributed by atoms with Crippen LogP contribution >= 0.6 is 0 Å². The summed E-state index contributed by atoms with van der Waals surface area (Å²) < 4.78 is 14.0. The lowest BCUT2D eigenvalue weighted by atomic mass is 9.86. The molecule has 0 bridgehead atoms. The van der Waals surface area contributed by atoms with Gasteiger partial charge in [0.15, 0.2) is 0 Å². The maximum absolute atomic E-state index is 14.0. The number of benzene rings is 2. The van der Waals surface area contributed by atoms with Crippen LogP contribution < -0.4 is 4.90 Å². The van der Waals surface area contributed by atoms with Crippen molar-refractivity contribution < 1.29 is 19.2 Å². The van der Waals surface area contributed by atoms with Gasteiger partial charge in [-0.15, -0.1) is 0 Å². The van der Waals surface area contributed by atoms with Crippen molar-refractivity contribution in [2.45, 2.75) is 31.5 Å². The monoisotopic (exact) mass is 344 g/mol. The first-order chi connectivity index (χ1) is 11.9. The van der Waals surface area contributed by atoms with Crippen LogP contribution in [0.15, 0.2) is 48.5 Å². The smallest absolute Gasteiger partial charge is 0.271 e. The van der Waals surface area contributed by atoms with Crippen molar-refractivity contribution in [3.63, 3.8) is 0 Å². The Morgan fingerprint density at radius 2 is 1.88 bits per heavy atom. The highest BCUT2D eigenvalue weighted by Gasteiger charge is 2.59. The number of anilines is 1. The molecule has 0 unspecified atom stereocenters. The minimum absolute atomic E-state index is 0.0168. The lowest BCUT2D eigenvalue weighted by molar-refractivity contribution is -0.543. The zero-order valence-corrected chi connectivity index (χ0v) is 13.6. The number of rotatable bonds is 5. The Bertz CT molecular complexity index is 841. The molecule has 0 saturated carbocycles. The standard InChI is InChI=1S/C18H17FN2O4/c1-2-16(21(24)25)18(23)13-8-4-6-10-15(13)20(17(18)22)11-12-7-3-5-9-14(12)19/h3-10,16,23H,2,11H2,1H3/t16-,18+/m0/s1. The summed E-state index contributed by atoms with van der Waals surface area (Å²) in [7, 11) is 0. The van der Waals surface area contributed by atoms with Gasteiger partial charge in [-0.05, 0) is 12.1 Å². The van der Waals surface area contributed by atoms with Crippen molar-refractivity contribution in [1.82, 2.24) is 0 Å². The van der Waals surface area contributed by atoms with Gasteiger partial charge in [-0.3, -0.25) is 14.9 Å². The Morgan fingerprint density at radius 3 is 2.52 bits per heavy atom. The van der Waals surface area contributed by atoms with Crippen LogP contribution in [0.1, 0.15) is 24.5 Å². The summed E-state index contributed by atoms with van der Waals surface area (Å²) in [5.74, 6) is -1.29. The quantitative estimate of drug-likeness (QED) is 0.667. The number of fused-ring (bicyclic) bond motifs is 1. The molecule has 1 aliphatic heterocycles. The first-order valence-corrected chi connectivity index (χ1v) is 7.92. The molecule has 1 aliphatic rings. The molecule has 7 heteroatoms. The molecule has 0 saturated heterocycles. The Labute approximate surface area is 143 Å². The fourth-order valence-electron chi connectivity index (χ4n) is 3.33. The molecule has 0 radical (unpaired) electrons. The maximum atomic E-state index is 14.0. The number of nitrogens with zero attached hydrogens (tertiary/aromatic N) is 2. The predicted molar refractivity (Wildman–Crippen MR) is 89.0 cm³/mol. The van der Waals surface area contributed by atoms with E-state index in [4.69, 9.17) is 0 Å². The van der Waals surface area contributed by atoms with E-state index in [1.807, 2.05) is 0 Å². The molecule has 0 fully saturated rings. The first-order valence-electron chi connectivity index (χ1n) is 7.92. The maximum Gasteiger partial charge on any atom is 0.271 e. The number of hydrogen-bond acceptors (Lipinski definition) is 4. The highest BCUT2D eigenvalue weighted by atomic mass is 19.1. The Kier molecular flexibility index (Phi) is 4.26. The number of nitro groups is 1. The van der Waals surface area contributed by atoms with Gasteiger partial charge in [-0.1, -0.05) is 43.3 Å². The van der Waals surface area contributed by atoms with Gasteiger partial charge in [-0.2, -0.15) is 0 Å². The van der Waals surface area contributed by atoms with Gasteiger partial charge in [0.25, 0.3) is 11.9 Å². The molecule has 0 spiro atoms. The molecule has 0 aliphatic carbocycles. The van der Waals surface area contributed by atoms with Crippen LogP contribution in [0.5, 0.6) is 0 Å². The Balaban J connectivity index is 2.10. The van der Waals surface area contributed by atoms with Crippen molar-refractivity contribution in [2.75, 3.05) is 4.90 Å². The van der Waals surface area contributed by atoms with Gasteiger partial charge in [0.2, 0.25) is 5.60 Å². The largest absolute Gasteiger partial charge is 0.370 e. The molecule has 25 heavy (non-hydrogen) atoms. The molecule has 2 aromatic rings. The minimum atomic E-state index is -2.26. The highest BCUT2D eigenvalue weighted by molar-refractivity contribution is 6.07. The highest BCUT2D eigenvalue weighted by Crippen LogP contribution is 2.44. The van der Waals surface area contributed by atoms with E-state index < -0.39 is 28.3 Å². The van der Waals surface area contributed by atoms with Gasteiger partial charge in [0, 0.05) is 22.5 Å². The Hall–Kier alpha value is -2.80. The molecule has 1 N–H and O–H groups in total. The SMILES string of the molecule is CC[C@H]([N+](=O)[O-])[C@@]1(O)C(=O)N(Cc2ccccc2F)c2ccccc21. The number of carbonyl (C=O) groups excluding carboxylic acids is 1. The first kappa shape index (κ1) is 17.0. The molecule has 2 atom stereocenters. The van der Waals surface area contributed by atoms with E-state index in [0.29, 0.717) is 5.69 Å². The van der Waals surface area contributed by atoms with E-state index in [-0.39, 0.29) is 24.1 Å². The minimum Gasteiger partial charge on any atom is -0.370 e. The van der Waals surface area contributed by atoms with Crippen molar-refractivity contribution in [3.05, 3.63) is 75.6 Å². The number of amides is 1. The molecule has 1 heterocycles. The topological polar surface area (TPSA) is 83.7 Å². The third-order valence-electron chi connectivity index (χ3n) is 4.59. The van der Waals surface area contributed by atoms with E-state index >= 15 is 0 Å². The molecular formula is C18H17FN2O4. The molecule has 6 nitrogen and oxygen atoms in total. The predicted octanol–water partition coefficient (Wildman–Crippen LogP) is 2.62. The van der Waals surface area contributed by atoms with E-state index in [2.05, 4.69) is 0 Å². The van der Waals surface area contributed by atoms with Crippen LogP contribution in [0.25, 0.3) is 0 Å². The number of aliphatic hydroxyl groups is 1. The third-order valence-corrected chi connectivity index (χ3v) is 4.59. The molecule has 3 rings (SSSR count). The fourth-order valence-corrected chi connectivity index (χ4v) is 3.33. The van der Waals surface area contributed by atoms with Gasteiger partial charge in [-0.25, -0.2) is 4.39 Å². The normalized spacial score (nSPS) is 20.4. The van der Waals surface area contributed by atoms with E-state index in [1.54, 1.807) is 31.2 Å². The van der Waals surface area contributed by atoms with Crippen LogP contribution in [0, 0.1) is 15.9 Å². The summed E-state index contributed by atoms with van der Waals surface area (Å²) >= 11 is 0. The summed E-state index contributed by atoms with van der Waals surface area (Å²) in [5, 5.41) is 22.4. The molecule has 1 amide bonds.